The molecule has 1 fully saturated rings. The van der Waals surface area contributed by atoms with Crippen LogP contribution in [0.15, 0.2) is 39.6 Å². The van der Waals surface area contributed by atoms with Gasteiger partial charge in [0.05, 0.1) is 19.3 Å². The van der Waals surface area contributed by atoms with Gasteiger partial charge >= 0.3 is 11.9 Å². The molecule has 0 amide bonds. The van der Waals surface area contributed by atoms with Crippen molar-refractivity contribution in [2.24, 2.45) is 7.05 Å². The summed E-state index contributed by atoms with van der Waals surface area (Å²) in [7, 11) is 1.50. The topological polar surface area (TPSA) is 134 Å². The average Bonchev–Trinajstić information content (AvgIpc) is 3.39. The largest absolute Gasteiger partial charge is 0.618 e. The maximum atomic E-state index is 13.4. The van der Waals surface area contributed by atoms with Gasteiger partial charge in [-0.3, -0.25) is 14.3 Å². The molecule has 3 aliphatic rings. The lowest BCUT2D eigenvalue weighted by Gasteiger charge is -2.35. The fourth-order valence-electron chi connectivity index (χ4n) is 5.19. The second-order valence-electron chi connectivity index (χ2n) is 10.1. The van der Waals surface area contributed by atoms with Crippen molar-refractivity contribution in [3.8, 4) is 0 Å². The standard InChI is InChI=1S/C25H30F3N9O4/c1-16-10-17(37(16)41)12-35-23(39)21-22(32(2)24(35)40)30-15-36(21)18(13-38)11-29-19-4-3-5-20(31-19)34-8-6-33(7-9-34)14-25(26,27)28/h3-5,10,13,18,30H,6-9,11-12,14-15H2,1-2H3,(H,29,31). The van der Waals surface area contributed by atoms with Gasteiger partial charge in [0.2, 0.25) is 5.71 Å². The molecule has 13 nitrogen and oxygen atoms in total. The lowest BCUT2D eigenvalue weighted by atomic mass is 10.2. The first kappa shape index (κ1) is 28.2. The molecule has 0 bridgehead atoms. The van der Waals surface area contributed by atoms with Crippen LogP contribution in [-0.2, 0) is 18.4 Å². The summed E-state index contributed by atoms with van der Waals surface area (Å²) in [6, 6.07) is 4.43. The minimum Gasteiger partial charge on any atom is -0.618 e. The number of hydrogen-bond donors (Lipinski definition) is 2. The van der Waals surface area contributed by atoms with Crippen molar-refractivity contribution in [3.63, 3.8) is 0 Å². The summed E-state index contributed by atoms with van der Waals surface area (Å²) in [5, 5.41) is 18.1. The van der Waals surface area contributed by atoms with Crippen molar-refractivity contribution < 1.29 is 22.7 Å². The highest BCUT2D eigenvalue weighted by Crippen LogP contribution is 2.27. The Balaban J connectivity index is 1.28. The van der Waals surface area contributed by atoms with Crippen LogP contribution in [0, 0.1) is 5.21 Å². The minimum absolute atomic E-state index is 0.0797. The van der Waals surface area contributed by atoms with E-state index in [-0.39, 0.29) is 50.1 Å². The molecule has 5 heterocycles. The van der Waals surface area contributed by atoms with E-state index in [4.69, 9.17) is 0 Å². The van der Waals surface area contributed by atoms with E-state index in [1.54, 1.807) is 36.1 Å². The van der Waals surface area contributed by atoms with Gasteiger partial charge in [-0.05, 0) is 12.1 Å². The van der Waals surface area contributed by atoms with Crippen LogP contribution in [-0.4, -0.2) is 93.9 Å². The minimum atomic E-state index is -4.24. The van der Waals surface area contributed by atoms with Crippen molar-refractivity contribution in [2.45, 2.75) is 25.7 Å². The summed E-state index contributed by atoms with van der Waals surface area (Å²) in [6.45, 7) is 1.97. The second-order valence-corrected chi connectivity index (χ2v) is 10.1. The zero-order valence-corrected chi connectivity index (χ0v) is 22.5. The number of allylic oxidation sites excluding steroid dienone is 2. The first-order valence-corrected chi connectivity index (χ1v) is 13.0. The van der Waals surface area contributed by atoms with Crippen LogP contribution < -0.4 is 31.7 Å². The lowest BCUT2D eigenvalue weighted by molar-refractivity contribution is -0.414. The SMILES string of the molecule is CC1=CC(Cn2c(=O)c3c(n(C)c2=O)NCN3C(C=O)CNc2cccc(N3CCN(CC(F)(F)F)CC3)n2)=[N+]1[O-]. The smallest absolute Gasteiger partial charge is 0.401 e. The van der Waals surface area contributed by atoms with Gasteiger partial charge in [-0.25, -0.2) is 14.3 Å². The molecule has 16 heteroatoms. The van der Waals surface area contributed by atoms with Gasteiger partial charge in [0.1, 0.15) is 42.0 Å². The van der Waals surface area contributed by atoms with Crippen LogP contribution in [0.25, 0.3) is 0 Å². The second kappa shape index (κ2) is 10.9. The van der Waals surface area contributed by atoms with E-state index in [0.717, 1.165) is 4.57 Å². The van der Waals surface area contributed by atoms with E-state index in [0.29, 0.717) is 41.4 Å². The molecule has 0 aliphatic carbocycles. The number of hydroxylamine groups is 1. The monoisotopic (exact) mass is 577 g/mol. The number of nitrogens with zero attached hydrogens (tertiary/aromatic N) is 7. The molecule has 0 spiro atoms. The van der Waals surface area contributed by atoms with E-state index < -0.39 is 30.0 Å². The van der Waals surface area contributed by atoms with Gasteiger partial charge in [0.25, 0.3) is 5.56 Å². The number of pyridine rings is 1. The van der Waals surface area contributed by atoms with Crippen molar-refractivity contribution >= 4 is 35.1 Å². The Hall–Kier alpha value is -4.34. The first-order valence-electron chi connectivity index (χ1n) is 13.0. The summed E-state index contributed by atoms with van der Waals surface area (Å²) in [4.78, 5) is 47.8. The summed E-state index contributed by atoms with van der Waals surface area (Å²) in [5.74, 6) is 1.33. The van der Waals surface area contributed by atoms with Crippen LogP contribution in [0.1, 0.15) is 6.92 Å². The highest BCUT2D eigenvalue weighted by atomic mass is 19.4. The molecule has 2 aromatic rings. The molecule has 2 N–H and O–H groups in total. The normalized spacial score (nSPS) is 18.0. The van der Waals surface area contributed by atoms with E-state index in [2.05, 4.69) is 15.6 Å². The Morgan fingerprint density at radius 3 is 2.59 bits per heavy atom. The third-order valence-electron chi connectivity index (χ3n) is 7.39. The Bertz CT molecular complexity index is 1520. The summed E-state index contributed by atoms with van der Waals surface area (Å²) in [6.07, 6.45) is -1.95. The molecule has 1 atom stereocenters. The Morgan fingerprint density at radius 2 is 1.95 bits per heavy atom. The number of rotatable bonds is 9. The van der Waals surface area contributed by atoms with Crippen LogP contribution in [0.3, 0.4) is 0 Å². The zero-order chi connectivity index (χ0) is 29.5. The number of aldehydes is 1. The van der Waals surface area contributed by atoms with Crippen molar-refractivity contribution in [2.75, 3.05) is 66.4 Å². The predicted molar refractivity (Wildman–Crippen MR) is 147 cm³/mol. The molecule has 5 rings (SSSR count). The number of hydrogen-bond acceptors (Lipinski definition) is 10. The molecule has 220 valence electrons. The Labute approximate surface area is 232 Å². The first-order chi connectivity index (χ1) is 19.5. The van der Waals surface area contributed by atoms with Crippen LogP contribution in [0.4, 0.5) is 36.3 Å². The van der Waals surface area contributed by atoms with E-state index in [1.165, 1.54) is 16.5 Å². The molecule has 0 radical (unpaired) electrons. The molecule has 1 saturated heterocycles. The highest BCUT2D eigenvalue weighted by molar-refractivity contribution is 5.94. The van der Waals surface area contributed by atoms with Crippen LogP contribution >= 0.6 is 0 Å². The van der Waals surface area contributed by atoms with Gasteiger partial charge in [-0.2, -0.15) is 17.9 Å². The molecular formula is C25H30F3N9O4. The van der Waals surface area contributed by atoms with Gasteiger partial charge in [-0.15, -0.1) is 0 Å². The van der Waals surface area contributed by atoms with Gasteiger partial charge in [0, 0.05) is 46.7 Å². The molecule has 0 saturated carbocycles. The Morgan fingerprint density at radius 1 is 1.22 bits per heavy atom. The summed E-state index contributed by atoms with van der Waals surface area (Å²) < 4.78 is 41.0. The molecular weight excluding hydrogens is 547 g/mol. The number of anilines is 4. The van der Waals surface area contributed by atoms with Crippen LogP contribution in [0.2, 0.25) is 0 Å². The van der Waals surface area contributed by atoms with Crippen molar-refractivity contribution in [1.82, 2.24) is 19.0 Å². The molecule has 41 heavy (non-hydrogen) atoms. The van der Waals surface area contributed by atoms with E-state index >= 15 is 0 Å². The molecule has 1 unspecified atom stereocenters. The number of carbonyl (C=O) groups excluding carboxylic acids is 1. The number of alkyl halides is 3. The van der Waals surface area contributed by atoms with Gasteiger partial charge in [-0.1, -0.05) is 6.07 Å². The Kier molecular flexibility index (Phi) is 7.50. The van der Waals surface area contributed by atoms with E-state index in [1.807, 2.05) is 4.90 Å². The van der Waals surface area contributed by atoms with E-state index in [9.17, 15) is 32.8 Å². The van der Waals surface area contributed by atoms with Crippen LogP contribution in [0.5, 0.6) is 0 Å². The van der Waals surface area contributed by atoms with Gasteiger partial charge < -0.3 is 30.4 Å². The molecule has 0 aromatic carbocycles. The number of carbonyl (C=O) groups is 1. The maximum absolute atomic E-state index is 13.4. The number of piperazine rings is 1. The third kappa shape index (κ3) is 5.64. The molecule has 2 aromatic heterocycles. The molecule has 3 aliphatic heterocycles. The number of nitrogens with one attached hydrogen (secondary N) is 2. The van der Waals surface area contributed by atoms with Crippen molar-refractivity contribution in [1.29, 1.82) is 0 Å². The summed E-state index contributed by atoms with van der Waals surface area (Å²) in [5.41, 5.74) is -0.322. The number of halogens is 3. The quantitative estimate of drug-likeness (QED) is 0.245. The lowest BCUT2D eigenvalue weighted by Crippen LogP contribution is -2.49. The maximum Gasteiger partial charge on any atom is 0.401 e. The van der Waals surface area contributed by atoms with Crippen molar-refractivity contribution in [3.05, 3.63) is 56.0 Å². The predicted octanol–water partition coefficient (Wildman–Crippen LogP) is 0.364. The fraction of sp³-hybridized carbons (Fsp3) is 0.480. The third-order valence-corrected chi connectivity index (χ3v) is 7.39. The average molecular weight is 578 g/mol. The number of aromatic nitrogens is 3. The number of fused-ring (bicyclic) bond motifs is 1. The van der Waals surface area contributed by atoms with Gasteiger partial charge in [0.15, 0.2) is 5.70 Å². The zero-order valence-electron chi connectivity index (χ0n) is 22.5. The highest BCUT2D eigenvalue weighted by Gasteiger charge is 2.34. The fourth-order valence-corrected chi connectivity index (χ4v) is 5.19. The summed E-state index contributed by atoms with van der Waals surface area (Å²) >= 11 is 0.